The lowest BCUT2D eigenvalue weighted by molar-refractivity contribution is 0.0170. The van der Waals surface area contributed by atoms with Gasteiger partial charge < -0.3 is 19.7 Å². The molecule has 0 amide bonds. The summed E-state index contributed by atoms with van der Waals surface area (Å²) < 4.78 is 11.2. The lowest BCUT2D eigenvalue weighted by Gasteiger charge is -2.54. The fraction of sp³-hybridized carbons (Fsp3) is 0.538. The maximum Gasteiger partial charge on any atom is 0.119 e. The molecule has 4 heteroatoms. The highest BCUT2D eigenvalue weighted by molar-refractivity contribution is 5.44. The van der Waals surface area contributed by atoms with Crippen molar-refractivity contribution < 1.29 is 19.7 Å². The monoisotopic (exact) mass is 412 g/mol. The van der Waals surface area contributed by atoms with Gasteiger partial charge in [-0.2, -0.15) is 0 Å². The van der Waals surface area contributed by atoms with E-state index in [4.69, 9.17) is 19.7 Å². The quantitative estimate of drug-likeness (QED) is 0.644. The van der Waals surface area contributed by atoms with E-state index in [1.54, 1.807) is 0 Å². The van der Waals surface area contributed by atoms with E-state index in [0.29, 0.717) is 13.2 Å². The molecule has 2 N–H and O–H groups in total. The molecule has 0 heterocycles. The number of hydrogen-bond donors (Lipinski definition) is 2. The van der Waals surface area contributed by atoms with Gasteiger partial charge in [-0.25, -0.2) is 0 Å². The van der Waals surface area contributed by atoms with Crippen molar-refractivity contribution in [3.8, 4) is 11.5 Å². The van der Waals surface area contributed by atoms with Crippen molar-refractivity contribution in [1.29, 1.82) is 0 Å². The Kier molecular flexibility index (Phi) is 6.78. The summed E-state index contributed by atoms with van der Waals surface area (Å²) in [6, 6.07) is 16.8. The maximum absolute atomic E-state index is 9.01. The van der Waals surface area contributed by atoms with E-state index in [1.807, 2.05) is 24.3 Å². The summed E-state index contributed by atoms with van der Waals surface area (Å²) in [7, 11) is 0. The molecule has 3 rings (SSSR count). The predicted molar refractivity (Wildman–Crippen MR) is 120 cm³/mol. The highest BCUT2D eigenvalue weighted by Crippen LogP contribution is 2.59. The third-order valence-electron chi connectivity index (χ3n) is 7.29. The predicted octanol–water partition coefficient (Wildman–Crippen LogP) is 4.95. The van der Waals surface area contributed by atoms with Crippen LogP contribution in [-0.4, -0.2) is 36.6 Å². The molecule has 30 heavy (non-hydrogen) atoms. The van der Waals surface area contributed by atoms with Gasteiger partial charge in [0.2, 0.25) is 0 Å². The first-order chi connectivity index (χ1) is 14.2. The van der Waals surface area contributed by atoms with Crippen molar-refractivity contribution in [2.45, 2.75) is 52.4 Å². The Morgan fingerprint density at radius 2 is 1.10 bits per heavy atom. The Bertz CT molecular complexity index is 754. The number of aliphatic hydroxyl groups excluding tert-OH is 2. The normalized spacial score (nSPS) is 19.3. The topological polar surface area (TPSA) is 58.9 Å². The molecule has 0 atom stereocenters. The van der Waals surface area contributed by atoms with Crippen molar-refractivity contribution in [1.82, 2.24) is 0 Å². The summed E-state index contributed by atoms with van der Waals surface area (Å²) in [5.74, 6) is 1.57. The minimum absolute atomic E-state index is 0.0136. The number of rotatable bonds is 8. The van der Waals surface area contributed by atoms with E-state index in [9.17, 15) is 0 Å². The van der Waals surface area contributed by atoms with Crippen molar-refractivity contribution in [3.05, 3.63) is 59.7 Å². The first kappa shape index (κ1) is 22.6. The zero-order chi connectivity index (χ0) is 21.8. The van der Waals surface area contributed by atoms with E-state index in [-0.39, 0.29) is 29.5 Å². The summed E-state index contributed by atoms with van der Waals surface area (Å²) in [5, 5.41) is 18.0. The van der Waals surface area contributed by atoms with Gasteiger partial charge in [-0.3, -0.25) is 0 Å². The Hall–Kier alpha value is -2.04. The van der Waals surface area contributed by atoms with Crippen LogP contribution >= 0.6 is 0 Å². The van der Waals surface area contributed by atoms with Crippen LogP contribution in [0.25, 0.3) is 0 Å². The first-order valence-electron chi connectivity index (χ1n) is 10.9. The molecule has 1 aliphatic carbocycles. The Labute approximate surface area is 180 Å². The largest absolute Gasteiger partial charge is 0.491 e. The Morgan fingerprint density at radius 1 is 0.667 bits per heavy atom. The van der Waals surface area contributed by atoms with Crippen molar-refractivity contribution in [2.75, 3.05) is 26.4 Å². The van der Waals surface area contributed by atoms with Gasteiger partial charge in [0.05, 0.1) is 13.2 Å². The highest BCUT2D eigenvalue weighted by atomic mass is 16.5. The van der Waals surface area contributed by atoms with Gasteiger partial charge in [0, 0.05) is 5.41 Å². The molecule has 2 aromatic rings. The average Bonchev–Trinajstić information content (AvgIpc) is 2.73. The van der Waals surface area contributed by atoms with E-state index in [2.05, 4.69) is 52.0 Å². The number of ether oxygens (including phenoxy) is 2. The molecular formula is C26H36O4. The minimum Gasteiger partial charge on any atom is -0.491 e. The summed E-state index contributed by atoms with van der Waals surface area (Å²) in [6.45, 7) is 10.2. The standard InChI is InChI=1S/C26H36O4/c1-24(2)13-14-26(19-25(24,3)4,20-5-9-22(10-6-20)29-17-15-27)21-7-11-23(12-8-21)30-18-16-28/h5-12,27-28H,13-19H2,1-4H3. The molecule has 0 radical (unpaired) electrons. The maximum atomic E-state index is 9.01. The number of aliphatic hydroxyl groups is 2. The SMILES string of the molecule is CC1(C)CCC(c2ccc(OCCO)cc2)(c2ccc(OCCO)cc2)CC1(C)C. The molecule has 0 spiro atoms. The van der Waals surface area contributed by atoms with Gasteiger partial charge in [-0.15, -0.1) is 0 Å². The van der Waals surface area contributed by atoms with Gasteiger partial charge in [-0.1, -0.05) is 52.0 Å². The molecule has 0 unspecified atom stereocenters. The van der Waals surface area contributed by atoms with E-state index < -0.39 is 0 Å². The molecule has 1 fully saturated rings. The Balaban J connectivity index is 1.99. The second kappa shape index (κ2) is 8.99. The molecule has 2 aromatic carbocycles. The smallest absolute Gasteiger partial charge is 0.119 e. The molecule has 0 aliphatic heterocycles. The molecular weight excluding hydrogens is 376 g/mol. The molecule has 0 saturated heterocycles. The molecule has 1 saturated carbocycles. The lowest BCUT2D eigenvalue weighted by Crippen LogP contribution is -2.46. The summed E-state index contributed by atoms with van der Waals surface area (Å²) in [6.07, 6.45) is 3.28. The van der Waals surface area contributed by atoms with Crippen LogP contribution in [-0.2, 0) is 5.41 Å². The average molecular weight is 413 g/mol. The summed E-state index contributed by atoms with van der Waals surface area (Å²) >= 11 is 0. The zero-order valence-corrected chi connectivity index (χ0v) is 18.8. The van der Waals surface area contributed by atoms with Crippen LogP contribution in [0.15, 0.2) is 48.5 Å². The van der Waals surface area contributed by atoms with Gasteiger partial charge in [0.15, 0.2) is 0 Å². The fourth-order valence-electron chi connectivity index (χ4n) is 4.67. The zero-order valence-electron chi connectivity index (χ0n) is 18.8. The van der Waals surface area contributed by atoms with Gasteiger partial charge in [-0.05, 0) is 65.5 Å². The molecule has 0 bridgehead atoms. The third kappa shape index (κ3) is 4.50. The van der Waals surface area contributed by atoms with Gasteiger partial charge in [0.25, 0.3) is 0 Å². The molecule has 4 nitrogen and oxygen atoms in total. The number of hydrogen-bond acceptors (Lipinski definition) is 4. The van der Waals surface area contributed by atoms with Crippen LogP contribution in [0.3, 0.4) is 0 Å². The van der Waals surface area contributed by atoms with Crippen LogP contribution in [0.1, 0.15) is 58.1 Å². The van der Waals surface area contributed by atoms with Crippen LogP contribution < -0.4 is 9.47 Å². The molecule has 0 aromatic heterocycles. The second-order valence-electron chi connectivity index (χ2n) is 9.72. The van der Waals surface area contributed by atoms with Crippen LogP contribution in [0.2, 0.25) is 0 Å². The second-order valence-corrected chi connectivity index (χ2v) is 9.72. The van der Waals surface area contributed by atoms with Crippen molar-refractivity contribution in [3.63, 3.8) is 0 Å². The first-order valence-corrected chi connectivity index (χ1v) is 10.9. The fourth-order valence-corrected chi connectivity index (χ4v) is 4.67. The lowest BCUT2D eigenvalue weighted by atomic mass is 9.50. The van der Waals surface area contributed by atoms with Gasteiger partial charge in [0.1, 0.15) is 24.7 Å². The molecule has 1 aliphatic rings. The van der Waals surface area contributed by atoms with E-state index in [1.165, 1.54) is 11.1 Å². The summed E-state index contributed by atoms with van der Waals surface area (Å²) in [4.78, 5) is 0. The van der Waals surface area contributed by atoms with Crippen LogP contribution in [0.5, 0.6) is 11.5 Å². The van der Waals surface area contributed by atoms with Crippen LogP contribution in [0, 0.1) is 10.8 Å². The van der Waals surface area contributed by atoms with Gasteiger partial charge >= 0.3 is 0 Å². The number of benzene rings is 2. The minimum atomic E-state index is -0.0793. The molecule has 164 valence electrons. The third-order valence-corrected chi connectivity index (χ3v) is 7.29. The highest BCUT2D eigenvalue weighted by Gasteiger charge is 2.50. The summed E-state index contributed by atoms with van der Waals surface area (Å²) in [5.41, 5.74) is 2.95. The Morgan fingerprint density at radius 3 is 1.47 bits per heavy atom. The van der Waals surface area contributed by atoms with Crippen molar-refractivity contribution in [2.24, 2.45) is 10.8 Å². The van der Waals surface area contributed by atoms with E-state index >= 15 is 0 Å². The van der Waals surface area contributed by atoms with Crippen molar-refractivity contribution >= 4 is 0 Å². The van der Waals surface area contributed by atoms with E-state index in [0.717, 1.165) is 30.8 Å². The van der Waals surface area contributed by atoms with Crippen LogP contribution in [0.4, 0.5) is 0 Å².